The molecule has 0 aromatic carbocycles. The second-order valence-corrected chi connectivity index (χ2v) is 4.29. The standard InChI is InChI=1S/C10H16N4O2/c1-10(2,3)16-9(15)12-5-7-4-8(11)14-6-13-7/h4,6H,5H2,1-3H3,(H,12,15)(H2,11,13,14). The number of hydrogen-bond acceptors (Lipinski definition) is 5. The second kappa shape index (κ2) is 4.78. The quantitative estimate of drug-likeness (QED) is 0.784. The van der Waals surface area contributed by atoms with Gasteiger partial charge in [-0.05, 0) is 20.8 Å². The molecule has 0 fully saturated rings. The maximum absolute atomic E-state index is 11.3. The van der Waals surface area contributed by atoms with Crippen molar-refractivity contribution >= 4 is 11.9 Å². The lowest BCUT2D eigenvalue weighted by Gasteiger charge is -2.19. The van der Waals surface area contributed by atoms with Gasteiger partial charge in [0.25, 0.3) is 0 Å². The van der Waals surface area contributed by atoms with E-state index in [-0.39, 0.29) is 6.54 Å². The molecular formula is C10H16N4O2. The fraction of sp³-hybridized carbons (Fsp3) is 0.500. The third-order valence-corrected chi connectivity index (χ3v) is 1.56. The van der Waals surface area contributed by atoms with Crippen LogP contribution in [0.25, 0.3) is 0 Å². The molecule has 0 spiro atoms. The summed E-state index contributed by atoms with van der Waals surface area (Å²) in [7, 11) is 0. The van der Waals surface area contributed by atoms with Gasteiger partial charge in [-0.25, -0.2) is 14.8 Å². The third-order valence-electron chi connectivity index (χ3n) is 1.56. The van der Waals surface area contributed by atoms with Crippen molar-refractivity contribution in [3.8, 4) is 0 Å². The smallest absolute Gasteiger partial charge is 0.407 e. The molecule has 6 heteroatoms. The highest BCUT2D eigenvalue weighted by molar-refractivity contribution is 5.67. The lowest BCUT2D eigenvalue weighted by Crippen LogP contribution is -2.32. The van der Waals surface area contributed by atoms with E-state index in [1.807, 2.05) is 0 Å². The van der Waals surface area contributed by atoms with Crippen molar-refractivity contribution in [1.82, 2.24) is 15.3 Å². The number of nitrogens with zero attached hydrogens (tertiary/aromatic N) is 2. The first kappa shape index (κ1) is 12.2. The predicted molar refractivity (Wildman–Crippen MR) is 59.5 cm³/mol. The van der Waals surface area contributed by atoms with Crippen LogP contribution in [0.15, 0.2) is 12.4 Å². The molecule has 0 unspecified atom stereocenters. The van der Waals surface area contributed by atoms with Crippen LogP contribution in [0.2, 0.25) is 0 Å². The van der Waals surface area contributed by atoms with E-state index in [9.17, 15) is 4.79 Å². The molecule has 0 bridgehead atoms. The van der Waals surface area contributed by atoms with Crippen LogP contribution in [0.1, 0.15) is 26.5 Å². The van der Waals surface area contributed by atoms with Crippen LogP contribution in [0.3, 0.4) is 0 Å². The van der Waals surface area contributed by atoms with E-state index in [1.165, 1.54) is 6.33 Å². The molecule has 1 heterocycles. The molecule has 0 aliphatic heterocycles. The number of carbonyl (C=O) groups excluding carboxylic acids is 1. The van der Waals surface area contributed by atoms with Gasteiger partial charge >= 0.3 is 6.09 Å². The highest BCUT2D eigenvalue weighted by Crippen LogP contribution is 2.06. The zero-order valence-corrected chi connectivity index (χ0v) is 9.65. The highest BCUT2D eigenvalue weighted by atomic mass is 16.6. The van der Waals surface area contributed by atoms with Crippen LogP contribution in [-0.2, 0) is 11.3 Å². The molecule has 0 aliphatic carbocycles. The van der Waals surface area contributed by atoms with Crippen molar-refractivity contribution < 1.29 is 9.53 Å². The minimum Gasteiger partial charge on any atom is -0.444 e. The maximum atomic E-state index is 11.3. The Labute approximate surface area is 94.2 Å². The molecule has 1 rings (SSSR count). The van der Waals surface area contributed by atoms with Crippen LogP contribution >= 0.6 is 0 Å². The third kappa shape index (κ3) is 4.59. The fourth-order valence-corrected chi connectivity index (χ4v) is 0.989. The van der Waals surface area contributed by atoms with E-state index < -0.39 is 11.7 Å². The Balaban J connectivity index is 2.43. The Hall–Kier alpha value is -1.85. The fourth-order valence-electron chi connectivity index (χ4n) is 0.989. The molecule has 6 nitrogen and oxygen atoms in total. The van der Waals surface area contributed by atoms with Crippen molar-refractivity contribution in [2.45, 2.75) is 32.9 Å². The van der Waals surface area contributed by atoms with E-state index in [1.54, 1.807) is 26.8 Å². The number of alkyl carbamates (subject to hydrolysis) is 1. The largest absolute Gasteiger partial charge is 0.444 e. The summed E-state index contributed by atoms with van der Waals surface area (Å²) in [4.78, 5) is 19.0. The lowest BCUT2D eigenvalue weighted by atomic mass is 10.2. The van der Waals surface area contributed by atoms with Crippen LogP contribution in [0.5, 0.6) is 0 Å². The number of ether oxygens (including phenoxy) is 1. The minimum atomic E-state index is -0.505. The Kier molecular flexibility index (Phi) is 3.65. The van der Waals surface area contributed by atoms with Crippen molar-refractivity contribution in [3.63, 3.8) is 0 Å². The van der Waals surface area contributed by atoms with E-state index in [0.717, 1.165) is 0 Å². The van der Waals surface area contributed by atoms with Crippen LogP contribution in [0.4, 0.5) is 10.6 Å². The van der Waals surface area contributed by atoms with Gasteiger partial charge in [0, 0.05) is 6.07 Å². The van der Waals surface area contributed by atoms with Gasteiger partial charge in [-0.15, -0.1) is 0 Å². The molecule has 1 aromatic rings. The van der Waals surface area contributed by atoms with Gasteiger partial charge in [-0.2, -0.15) is 0 Å². The average Bonchev–Trinajstić information content (AvgIpc) is 2.12. The number of carbonyl (C=O) groups is 1. The Morgan fingerprint density at radius 3 is 2.75 bits per heavy atom. The van der Waals surface area contributed by atoms with Gasteiger partial charge in [0.1, 0.15) is 17.7 Å². The summed E-state index contributed by atoms with van der Waals surface area (Å²) in [5, 5.41) is 2.58. The highest BCUT2D eigenvalue weighted by Gasteiger charge is 2.15. The molecule has 1 aromatic heterocycles. The topological polar surface area (TPSA) is 90.1 Å². The van der Waals surface area contributed by atoms with Crippen molar-refractivity contribution in [2.75, 3.05) is 5.73 Å². The number of nitrogens with one attached hydrogen (secondary N) is 1. The summed E-state index contributed by atoms with van der Waals surface area (Å²) in [5.41, 5.74) is 5.60. The first-order valence-corrected chi connectivity index (χ1v) is 4.90. The molecule has 0 aliphatic rings. The molecule has 0 saturated carbocycles. The summed E-state index contributed by atoms with van der Waals surface area (Å²) >= 11 is 0. The van der Waals surface area contributed by atoms with Gasteiger partial charge in [-0.1, -0.05) is 0 Å². The van der Waals surface area contributed by atoms with Gasteiger partial charge in [0.05, 0.1) is 12.2 Å². The number of aromatic nitrogens is 2. The summed E-state index contributed by atoms with van der Waals surface area (Å²) in [6.07, 6.45) is 0.867. The number of hydrogen-bond donors (Lipinski definition) is 2. The normalized spacial score (nSPS) is 10.9. The van der Waals surface area contributed by atoms with Crippen molar-refractivity contribution in [3.05, 3.63) is 18.1 Å². The Morgan fingerprint density at radius 2 is 2.19 bits per heavy atom. The van der Waals surface area contributed by atoms with E-state index in [2.05, 4.69) is 15.3 Å². The monoisotopic (exact) mass is 224 g/mol. The Bertz CT molecular complexity index is 373. The summed E-state index contributed by atoms with van der Waals surface area (Å²) in [5.74, 6) is 0.371. The number of nitrogen functional groups attached to an aromatic ring is 1. The molecule has 0 saturated heterocycles. The molecule has 3 N–H and O–H groups in total. The minimum absolute atomic E-state index is 0.266. The molecule has 1 amide bonds. The first-order chi connectivity index (χ1) is 7.37. The molecule has 88 valence electrons. The Morgan fingerprint density at radius 1 is 1.50 bits per heavy atom. The van der Waals surface area contributed by atoms with Gasteiger partial charge < -0.3 is 15.8 Å². The SMILES string of the molecule is CC(C)(C)OC(=O)NCc1cc(N)ncn1. The van der Waals surface area contributed by atoms with Crippen LogP contribution < -0.4 is 11.1 Å². The zero-order valence-electron chi connectivity index (χ0n) is 9.65. The maximum Gasteiger partial charge on any atom is 0.407 e. The zero-order chi connectivity index (χ0) is 12.2. The molecule has 16 heavy (non-hydrogen) atoms. The summed E-state index contributed by atoms with van der Waals surface area (Å²) in [6, 6.07) is 1.59. The second-order valence-electron chi connectivity index (χ2n) is 4.29. The number of amides is 1. The van der Waals surface area contributed by atoms with E-state index in [4.69, 9.17) is 10.5 Å². The molecular weight excluding hydrogens is 208 g/mol. The van der Waals surface area contributed by atoms with Crippen LogP contribution in [-0.4, -0.2) is 21.7 Å². The number of anilines is 1. The van der Waals surface area contributed by atoms with Crippen molar-refractivity contribution in [2.24, 2.45) is 0 Å². The van der Waals surface area contributed by atoms with Gasteiger partial charge in [0.2, 0.25) is 0 Å². The average molecular weight is 224 g/mol. The molecule has 0 radical (unpaired) electrons. The lowest BCUT2D eigenvalue weighted by molar-refractivity contribution is 0.0523. The van der Waals surface area contributed by atoms with E-state index >= 15 is 0 Å². The van der Waals surface area contributed by atoms with E-state index in [0.29, 0.717) is 11.5 Å². The summed E-state index contributed by atoms with van der Waals surface area (Å²) in [6.45, 7) is 5.67. The van der Waals surface area contributed by atoms with Gasteiger partial charge in [-0.3, -0.25) is 0 Å². The van der Waals surface area contributed by atoms with Gasteiger partial charge in [0.15, 0.2) is 0 Å². The number of rotatable bonds is 2. The predicted octanol–water partition coefficient (Wildman–Crippen LogP) is 1.08. The number of nitrogens with two attached hydrogens (primary N) is 1. The summed E-state index contributed by atoms with van der Waals surface area (Å²) < 4.78 is 5.06. The van der Waals surface area contributed by atoms with Crippen LogP contribution in [0, 0.1) is 0 Å². The first-order valence-electron chi connectivity index (χ1n) is 4.90. The van der Waals surface area contributed by atoms with Crippen molar-refractivity contribution in [1.29, 1.82) is 0 Å². The molecule has 0 atom stereocenters.